The molecule has 0 nitrogen and oxygen atoms in total. The van der Waals surface area contributed by atoms with E-state index in [4.69, 9.17) is 0 Å². The topological polar surface area (TPSA) is 0 Å². The SMILES string of the molecule is CCCCCCCCCCCCCCCCCC[PH+](CC)CC. The van der Waals surface area contributed by atoms with E-state index in [1.807, 2.05) is 0 Å². The zero-order valence-corrected chi connectivity index (χ0v) is 17.9. The van der Waals surface area contributed by atoms with Gasteiger partial charge in [0.2, 0.25) is 0 Å². The molecule has 0 aliphatic carbocycles. The van der Waals surface area contributed by atoms with Crippen molar-refractivity contribution in [3.8, 4) is 0 Å². The molecule has 0 rings (SSSR count). The maximum Gasteiger partial charge on any atom is 0.0571 e. The summed E-state index contributed by atoms with van der Waals surface area (Å²) in [5.74, 6) is 0. The first-order chi connectivity index (χ1) is 11.3. The molecule has 0 fully saturated rings. The molecule has 0 heterocycles. The van der Waals surface area contributed by atoms with E-state index in [2.05, 4.69) is 20.8 Å². The average molecular weight is 344 g/mol. The molecule has 0 atom stereocenters. The molecule has 0 amide bonds. The van der Waals surface area contributed by atoms with Gasteiger partial charge in [0.15, 0.2) is 0 Å². The zero-order valence-electron chi connectivity index (χ0n) is 16.9. The standard InChI is InChI=1S/C22H47P/c1-4-7-8-9-10-11-12-13-14-15-16-17-18-19-20-21-22-23(5-2)6-3/h4-22H2,1-3H3/p+1. The van der Waals surface area contributed by atoms with Crippen molar-refractivity contribution < 1.29 is 0 Å². The predicted octanol–water partition coefficient (Wildman–Crippen LogP) is 8.50. The van der Waals surface area contributed by atoms with Crippen molar-refractivity contribution in [1.82, 2.24) is 0 Å². The summed E-state index contributed by atoms with van der Waals surface area (Å²) in [5.41, 5.74) is 0. The second-order valence-electron chi connectivity index (χ2n) is 7.51. The fraction of sp³-hybridized carbons (Fsp3) is 1.00. The minimum Gasteiger partial charge on any atom is -0.0654 e. The van der Waals surface area contributed by atoms with E-state index in [0.717, 1.165) is 0 Å². The number of rotatable bonds is 19. The summed E-state index contributed by atoms with van der Waals surface area (Å²) in [5, 5.41) is 0. The lowest BCUT2D eigenvalue weighted by molar-refractivity contribution is 0.531. The van der Waals surface area contributed by atoms with Gasteiger partial charge < -0.3 is 0 Å². The Balaban J connectivity index is 3.02. The molecule has 0 radical (unpaired) electrons. The molecule has 0 bridgehead atoms. The maximum absolute atomic E-state index is 2.39. The Morgan fingerprint density at radius 3 is 1.00 bits per heavy atom. The molecule has 0 aromatic rings. The van der Waals surface area contributed by atoms with Gasteiger partial charge in [-0.1, -0.05) is 96.8 Å². The molecule has 0 aliphatic rings. The van der Waals surface area contributed by atoms with Crippen LogP contribution in [0.4, 0.5) is 0 Å². The highest BCUT2D eigenvalue weighted by molar-refractivity contribution is 7.57. The monoisotopic (exact) mass is 343 g/mol. The van der Waals surface area contributed by atoms with Crippen molar-refractivity contribution in [3.63, 3.8) is 0 Å². The highest BCUT2D eigenvalue weighted by atomic mass is 31.1. The number of hydrogen-bond acceptors (Lipinski definition) is 0. The molecule has 0 aromatic carbocycles. The van der Waals surface area contributed by atoms with Gasteiger partial charge in [-0.25, -0.2) is 0 Å². The van der Waals surface area contributed by atoms with Crippen LogP contribution in [-0.2, 0) is 0 Å². The van der Waals surface area contributed by atoms with Crippen LogP contribution < -0.4 is 0 Å². The summed E-state index contributed by atoms with van der Waals surface area (Å²) in [6.07, 6.45) is 28.3. The van der Waals surface area contributed by atoms with Crippen molar-refractivity contribution in [3.05, 3.63) is 0 Å². The molecule has 23 heavy (non-hydrogen) atoms. The highest BCUT2D eigenvalue weighted by Gasteiger charge is 2.08. The summed E-state index contributed by atoms with van der Waals surface area (Å²) in [6, 6.07) is 0. The fourth-order valence-electron chi connectivity index (χ4n) is 3.53. The van der Waals surface area contributed by atoms with Crippen molar-refractivity contribution in [2.45, 2.75) is 124 Å². The molecule has 0 aromatic heterocycles. The van der Waals surface area contributed by atoms with Gasteiger partial charge in [0.1, 0.15) is 0 Å². The van der Waals surface area contributed by atoms with Crippen LogP contribution in [0.2, 0.25) is 0 Å². The summed E-state index contributed by atoms with van der Waals surface area (Å²) in [6.45, 7) is 7.09. The summed E-state index contributed by atoms with van der Waals surface area (Å²) < 4.78 is 0. The van der Waals surface area contributed by atoms with Crippen molar-refractivity contribution in [1.29, 1.82) is 0 Å². The molecule has 0 spiro atoms. The molecule has 0 aliphatic heterocycles. The molecule has 0 unspecified atom stereocenters. The Kier molecular flexibility index (Phi) is 20.9. The van der Waals surface area contributed by atoms with Crippen LogP contribution >= 0.6 is 7.92 Å². The average Bonchev–Trinajstić information content (AvgIpc) is 2.58. The Bertz CT molecular complexity index is 198. The normalized spacial score (nSPS) is 11.5. The first-order valence-corrected chi connectivity index (χ1v) is 13.3. The van der Waals surface area contributed by atoms with Crippen LogP contribution in [0, 0.1) is 0 Å². The van der Waals surface area contributed by atoms with Crippen LogP contribution in [0.5, 0.6) is 0 Å². The summed E-state index contributed by atoms with van der Waals surface area (Å²) in [4.78, 5) is 0. The van der Waals surface area contributed by atoms with Gasteiger partial charge in [-0.05, 0) is 26.7 Å². The van der Waals surface area contributed by atoms with Gasteiger partial charge in [-0.2, -0.15) is 0 Å². The first-order valence-electron chi connectivity index (χ1n) is 11.2. The Morgan fingerprint density at radius 1 is 0.391 bits per heavy atom. The van der Waals surface area contributed by atoms with Gasteiger partial charge in [0.25, 0.3) is 0 Å². The quantitative estimate of drug-likeness (QED) is 0.163. The fourth-order valence-corrected chi connectivity index (χ4v) is 5.48. The third-order valence-corrected chi connectivity index (χ3v) is 8.44. The minimum absolute atomic E-state index is 0.0580. The molecular weight excluding hydrogens is 295 g/mol. The molecule has 0 N–H and O–H groups in total. The minimum atomic E-state index is 0.0580. The second kappa shape index (κ2) is 20.5. The van der Waals surface area contributed by atoms with E-state index >= 15 is 0 Å². The van der Waals surface area contributed by atoms with Crippen LogP contribution in [-0.4, -0.2) is 18.5 Å². The van der Waals surface area contributed by atoms with Crippen molar-refractivity contribution >= 4 is 7.92 Å². The van der Waals surface area contributed by atoms with Crippen molar-refractivity contribution in [2.75, 3.05) is 18.5 Å². The van der Waals surface area contributed by atoms with E-state index in [1.54, 1.807) is 6.16 Å². The van der Waals surface area contributed by atoms with Gasteiger partial charge in [-0.3, -0.25) is 0 Å². The van der Waals surface area contributed by atoms with Gasteiger partial charge in [-0.15, -0.1) is 0 Å². The third-order valence-electron chi connectivity index (χ3n) is 5.38. The van der Waals surface area contributed by atoms with E-state index in [9.17, 15) is 0 Å². The Hall–Kier alpha value is 0.430. The molecule has 0 saturated heterocycles. The smallest absolute Gasteiger partial charge is 0.0571 e. The van der Waals surface area contributed by atoms with Crippen LogP contribution in [0.1, 0.15) is 124 Å². The van der Waals surface area contributed by atoms with Crippen LogP contribution in [0.25, 0.3) is 0 Å². The van der Waals surface area contributed by atoms with E-state index < -0.39 is 0 Å². The summed E-state index contributed by atoms with van der Waals surface area (Å²) >= 11 is 0. The zero-order chi connectivity index (χ0) is 17.0. The third kappa shape index (κ3) is 18.6. The first kappa shape index (κ1) is 23.4. The molecule has 1 heteroatoms. The second-order valence-corrected chi connectivity index (χ2v) is 10.9. The lowest BCUT2D eigenvalue weighted by Crippen LogP contribution is -1.90. The Morgan fingerprint density at radius 2 is 0.696 bits per heavy atom. The molecule has 140 valence electrons. The Labute approximate surface area is 150 Å². The van der Waals surface area contributed by atoms with E-state index in [0.29, 0.717) is 0 Å². The van der Waals surface area contributed by atoms with Crippen LogP contribution in [0.3, 0.4) is 0 Å². The van der Waals surface area contributed by atoms with Gasteiger partial charge >= 0.3 is 0 Å². The summed E-state index contributed by atoms with van der Waals surface area (Å²) in [7, 11) is 0.0580. The number of unbranched alkanes of at least 4 members (excludes halogenated alkanes) is 15. The molecule has 0 saturated carbocycles. The number of hydrogen-bond donors (Lipinski definition) is 0. The largest absolute Gasteiger partial charge is 0.0654 e. The van der Waals surface area contributed by atoms with Crippen LogP contribution in [0.15, 0.2) is 0 Å². The maximum atomic E-state index is 2.39. The lowest BCUT2D eigenvalue weighted by Gasteiger charge is -2.06. The van der Waals surface area contributed by atoms with Gasteiger partial charge in [0.05, 0.1) is 18.5 Å². The van der Waals surface area contributed by atoms with Gasteiger partial charge in [0, 0.05) is 7.92 Å². The predicted molar refractivity (Wildman–Crippen MR) is 114 cm³/mol. The van der Waals surface area contributed by atoms with Crippen molar-refractivity contribution in [2.24, 2.45) is 0 Å². The lowest BCUT2D eigenvalue weighted by atomic mass is 10.0. The highest BCUT2D eigenvalue weighted by Crippen LogP contribution is 2.35. The van der Waals surface area contributed by atoms with E-state index in [-0.39, 0.29) is 7.92 Å². The van der Waals surface area contributed by atoms with E-state index in [1.165, 1.54) is 115 Å². The molecular formula is C22H48P+.